The molecule has 0 radical (unpaired) electrons. The Morgan fingerprint density at radius 3 is 2.26 bits per heavy atom. The van der Waals surface area contributed by atoms with Crippen LogP contribution in [0.25, 0.3) is 0 Å². The van der Waals surface area contributed by atoms with Gasteiger partial charge in [0.05, 0.1) is 22.3 Å². The van der Waals surface area contributed by atoms with E-state index in [1.54, 1.807) is 0 Å². The third-order valence-corrected chi connectivity index (χ3v) is 5.49. The van der Waals surface area contributed by atoms with Crippen molar-refractivity contribution in [2.24, 2.45) is 0 Å². The highest BCUT2D eigenvalue weighted by molar-refractivity contribution is 7.89. The number of nitrogens with zero attached hydrogens (tertiary/aromatic N) is 1. The number of sulfonamides is 1. The van der Waals surface area contributed by atoms with E-state index < -0.39 is 38.0 Å². The van der Waals surface area contributed by atoms with Gasteiger partial charge in [0.25, 0.3) is 0 Å². The molecule has 19 heavy (non-hydrogen) atoms. The molecule has 0 bridgehead atoms. The highest BCUT2D eigenvalue weighted by atomic mass is 35.5. The van der Waals surface area contributed by atoms with Gasteiger partial charge >= 0.3 is 0 Å². The Morgan fingerprint density at radius 2 is 1.74 bits per heavy atom. The molecule has 9 heteroatoms. The summed E-state index contributed by atoms with van der Waals surface area (Å²) in [6.07, 6.45) is -2.35. The van der Waals surface area contributed by atoms with Gasteiger partial charge < -0.3 is 10.2 Å². The fourth-order valence-corrected chi connectivity index (χ4v) is 3.97. The maximum atomic E-state index is 13.5. The Labute approximate surface area is 119 Å². The normalized spacial score (nSPS) is 24.9. The molecule has 0 amide bonds. The molecular formula is C10H10Cl2FNO4S. The summed E-state index contributed by atoms with van der Waals surface area (Å²) in [6.45, 7) is -0.547. The van der Waals surface area contributed by atoms with Crippen molar-refractivity contribution in [1.82, 2.24) is 4.31 Å². The molecule has 0 saturated carbocycles. The number of aliphatic hydroxyl groups is 2. The number of halogens is 3. The zero-order chi connectivity index (χ0) is 14.4. The molecule has 106 valence electrons. The lowest BCUT2D eigenvalue weighted by Gasteiger charge is -2.16. The average Bonchev–Trinajstić information content (AvgIpc) is 2.67. The van der Waals surface area contributed by atoms with Gasteiger partial charge in [-0.2, -0.15) is 4.31 Å². The zero-order valence-electron chi connectivity index (χ0n) is 9.42. The molecule has 0 spiro atoms. The SMILES string of the molecule is O=S(=O)(c1ccc(Cl)c(F)c1Cl)N1CC(O)C(O)C1. The molecule has 1 fully saturated rings. The first kappa shape index (κ1) is 15.0. The minimum Gasteiger partial charge on any atom is -0.389 e. The molecule has 1 aliphatic rings. The van der Waals surface area contributed by atoms with E-state index in [0.29, 0.717) is 0 Å². The second kappa shape index (κ2) is 5.16. The Balaban J connectivity index is 2.44. The molecular weight excluding hydrogens is 320 g/mol. The Hall–Kier alpha value is -0.440. The van der Waals surface area contributed by atoms with Crippen molar-refractivity contribution in [1.29, 1.82) is 0 Å². The topological polar surface area (TPSA) is 77.8 Å². The molecule has 1 aromatic carbocycles. The summed E-state index contributed by atoms with van der Waals surface area (Å²) in [5.41, 5.74) is 0. The standard InChI is InChI=1S/C10H10Cl2FNO4S/c11-5-1-2-8(9(12)10(5)13)19(17,18)14-3-6(15)7(16)4-14/h1-2,6-7,15-16H,3-4H2. The van der Waals surface area contributed by atoms with Crippen LogP contribution in [0.3, 0.4) is 0 Å². The third-order valence-electron chi connectivity index (χ3n) is 2.84. The van der Waals surface area contributed by atoms with Gasteiger partial charge in [0.1, 0.15) is 4.90 Å². The van der Waals surface area contributed by atoms with Crippen LogP contribution < -0.4 is 0 Å². The van der Waals surface area contributed by atoms with E-state index in [0.717, 1.165) is 16.4 Å². The van der Waals surface area contributed by atoms with E-state index in [9.17, 15) is 23.0 Å². The van der Waals surface area contributed by atoms with E-state index in [2.05, 4.69) is 0 Å². The molecule has 1 aromatic rings. The second-order valence-corrected chi connectivity index (χ2v) is 6.82. The van der Waals surface area contributed by atoms with Gasteiger partial charge in [0, 0.05) is 13.1 Å². The van der Waals surface area contributed by atoms with Gasteiger partial charge in [0.15, 0.2) is 5.82 Å². The quantitative estimate of drug-likeness (QED) is 0.789. The number of rotatable bonds is 2. The predicted molar refractivity (Wildman–Crippen MR) is 67.2 cm³/mol. The van der Waals surface area contributed by atoms with Crippen molar-refractivity contribution in [3.63, 3.8) is 0 Å². The van der Waals surface area contributed by atoms with Crippen LogP contribution in [-0.2, 0) is 10.0 Å². The summed E-state index contributed by atoms with van der Waals surface area (Å²) in [7, 11) is -4.09. The number of hydrogen-bond acceptors (Lipinski definition) is 4. The molecule has 1 heterocycles. The van der Waals surface area contributed by atoms with Crippen LogP contribution in [0.1, 0.15) is 0 Å². The number of β-amino-alcohol motifs (C(OH)–C–C–N with tert-alkyl or cyclic N) is 2. The summed E-state index contributed by atoms with van der Waals surface area (Å²) < 4.78 is 38.8. The first-order valence-corrected chi connectivity index (χ1v) is 7.44. The van der Waals surface area contributed by atoms with E-state index in [-0.39, 0.29) is 18.1 Å². The predicted octanol–water partition coefficient (Wildman–Crippen LogP) is 0.859. The van der Waals surface area contributed by atoms with Gasteiger partial charge in [-0.05, 0) is 12.1 Å². The van der Waals surface area contributed by atoms with Gasteiger partial charge in [-0.15, -0.1) is 0 Å². The zero-order valence-corrected chi connectivity index (χ0v) is 11.8. The van der Waals surface area contributed by atoms with Gasteiger partial charge in [-0.3, -0.25) is 0 Å². The number of hydrogen-bond donors (Lipinski definition) is 2. The Kier molecular flexibility index (Phi) is 4.06. The first-order valence-electron chi connectivity index (χ1n) is 5.25. The van der Waals surface area contributed by atoms with Crippen LogP contribution >= 0.6 is 23.2 Å². The first-order chi connectivity index (χ1) is 8.75. The molecule has 2 atom stereocenters. The highest BCUT2D eigenvalue weighted by Crippen LogP contribution is 2.32. The van der Waals surface area contributed by atoms with E-state index in [4.69, 9.17) is 23.2 Å². The maximum Gasteiger partial charge on any atom is 0.244 e. The minimum absolute atomic E-state index is 0.274. The number of benzene rings is 1. The smallest absolute Gasteiger partial charge is 0.244 e. The molecule has 0 aromatic heterocycles. The summed E-state index contributed by atoms with van der Waals surface area (Å²) in [5.74, 6) is -1.02. The lowest BCUT2D eigenvalue weighted by molar-refractivity contribution is 0.0572. The van der Waals surface area contributed by atoms with Crippen molar-refractivity contribution >= 4 is 33.2 Å². The molecule has 0 aliphatic carbocycles. The fourth-order valence-electron chi connectivity index (χ4n) is 1.78. The number of aliphatic hydroxyl groups excluding tert-OH is 2. The summed E-state index contributed by atoms with van der Waals surface area (Å²) >= 11 is 11.1. The molecule has 1 aliphatic heterocycles. The molecule has 1 saturated heterocycles. The Morgan fingerprint density at radius 1 is 1.21 bits per heavy atom. The van der Waals surface area contributed by atoms with Gasteiger partial charge in [-0.1, -0.05) is 23.2 Å². The van der Waals surface area contributed by atoms with Gasteiger partial charge in [-0.25, -0.2) is 12.8 Å². The Bertz CT molecular complexity index is 600. The summed E-state index contributed by atoms with van der Waals surface area (Å²) in [5, 5.41) is 17.8. The van der Waals surface area contributed by atoms with Crippen molar-refractivity contribution < 1.29 is 23.0 Å². The monoisotopic (exact) mass is 329 g/mol. The van der Waals surface area contributed by atoms with Crippen LogP contribution in [0.15, 0.2) is 17.0 Å². The molecule has 5 nitrogen and oxygen atoms in total. The van der Waals surface area contributed by atoms with Crippen LogP contribution in [0, 0.1) is 5.82 Å². The summed E-state index contributed by atoms with van der Waals surface area (Å²) in [6, 6.07) is 2.17. The van der Waals surface area contributed by atoms with Crippen LogP contribution in [0.2, 0.25) is 10.0 Å². The van der Waals surface area contributed by atoms with Crippen LogP contribution in [-0.4, -0.2) is 48.2 Å². The van der Waals surface area contributed by atoms with Crippen LogP contribution in [0.4, 0.5) is 4.39 Å². The highest BCUT2D eigenvalue weighted by Gasteiger charge is 2.38. The van der Waals surface area contributed by atoms with Crippen molar-refractivity contribution in [3.05, 3.63) is 28.0 Å². The van der Waals surface area contributed by atoms with Crippen molar-refractivity contribution in [2.75, 3.05) is 13.1 Å². The third kappa shape index (κ3) is 2.58. The largest absolute Gasteiger partial charge is 0.389 e. The molecule has 2 N–H and O–H groups in total. The molecule has 2 rings (SSSR count). The second-order valence-electron chi connectivity index (χ2n) is 4.13. The van der Waals surface area contributed by atoms with Gasteiger partial charge in [0.2, 0.25) is 10.0 Å². The van der Waals surface area contributed by atoms with Crippen molar-refractivity contribution in [2.45, 2.75) is 17.1 Å². The van der Waals surface area contributed by atoms with E-state index >= 15 is 0 Å². The lowest BCUT2D eigenvalue weighted by Crippen LogP contribution is -2.30. The van der Waals surface area contributed by atoms with E-state index in [1.165, 1.54) is 0 Å². The lowest BCUT2D eigenvalue weighted by atomic mass is 10.3. The summed E-state index contributed by atoms with van der Waals surface area (Å²) in [4.78, 5) is -0.447. The molecule has 2 unspecified atom stereocenters. The van der Waals surface area contributed by atoms with Crippen molar-refractivity contribution in [3.8, 4) is 0 Å². The average molecular weight is 330 g/mol. The van der Waals surface area contributed by atoms with Crippen LogP contribution in [0.5, 0.6) is 0 Å². The minimum atomic E-state index is -4.09. The van der Waals surface area contributed by atoms with E-state index in [1.807, 2.05) is 0 Å². The maximum absolute atomic E-state index is 13.5. The fraction of sp³-hybridized carbons (Fsp3) is 0.400.